The molecule has 0 unspecified atom stereocenters. The molecule has 0 atom stereocenters. The van der Waals surface area contributed by atoms with Gasteiger partial charge in [0.05, 0.1) is 5.52 Å². The first kappa shape index (κ1) is 17.5. The van der Waals surface area contributed by atoms with Gasteiger partial charge >= 0.3 is 0 Å². The van der Waals surface area contributed by atoms with Crippen molar-refractivity contribution in [3.8, 4) is 0 Å². The standard InChI is InChI=1S/C20H20N4O2S/c25-18(21-11-9-15-5-4-14-27-15)8-3-13-24-19-16(6-1-10-22-19)23-12-2-7-17(23)20(24)26/h1-2,4-7,10,12,14H,3,8-9,11,13H2,(H,21,25). The highest BCUT2D eigenvalue weighted by Crippen LogP contribution is 2.13. The van der Waals surface area contributed by atoms with Crippen LogP contribution in [0.3, 0.4) is 0 Å². The number of rotatable bonds is 7. The van der Waals surface area contributed by atoms with Crippen LogP contribution in [0, 0.1) is 0 Å². The van der Waals surface area contributed by atoms with E-state index in [1.165, 1.54) is 4.88 Å². The number of aryl methyl sites for hydroxylation is 1. The molecule has 0 saturated carbocycles. The van der Waals surface area contributed by atoms with Gasteiger partial charge < -0.3 is 9.72 Å². The number of carbonyl (C=O) groups excluding carboxylic acids is 1. The second kappa shape index (κ2) is 7.75. The molecule has 0 aliphatic heterocycles. The number of nitrogens with zero attached hydrogens (tertiary/aromatic N) is 3. The Labute approximate surface area is 160 Å². The van der Waals surface area contributed by atoms with Crippen LogP contribution in [0.4, 0.5) is 0 Å². The zero-order valence-electron chi connectivity index (χ0n) is 14.8. The number of amides is 1. The van der Waals surface area contributed by atoms with Crippen LogP contribution in [0.2, 0.25) is 0 Å². The number of pyridine rings is 1. The first-order valence-corrected chi connectivity index (χ1v) is 9.86. The Morgan fingerprint density at radius 2 is 2.04 bits per heavy atom. The van der Waals surface area contributed by atoms with Gasteiger partial charge in [-0.25, -0.2) is 4.98 Å². The quantitative estimate of drug-likeness (QED) is 0.536. The predicted octanol–water partition coefficient (Wildman–Crippen LogP) is 2.85. The van der Waals surface area contributed by atoms with Gasteiger partial charge in [0.25, 0.3) is 5.56 Å². The Kier molecular flexibility index (Phi) is 5.02. The van der Waals surface area contributed by atoms with Crippen LogP contribution in [0.5, 0.6) is 0 Å². The molecule has 7 heteroatoms. The summed E-state index contributed by atoms with van der Waals surface area (Å²) < 4.78 is 3.53. The monoisotopic (exact) mass is 380 g/mol. The predicted molar refractivity (Wildman–Crippen MR) is 107 cm³/mol. The second-order valence-corrected chi connectivity index (χ2v) is 7.38. The zero-order valence-corrected chi connectivity index (χ0v) is 15.6. The Hall–Kier alpha value is -2.93. The minimum Gasteiger partial charge on any atom is -0.356 e. The number of thiophene rings is 1. The van der Waals surface area contributed by atoms with E-state index in [0.717, 1.165) is 11.9 Å². The van der Waals surface area contributed by atoms with E-state index in [1.807, 2.05) is 46.3 Å². The first-order chi connectivity index (χ1) is 13.2. The molecule has 138 valence electrons. The molecule has 6 nitrogen and oxygen atoms in total. The maximum Gasteiger partial charge on any atom is 0.276 e. The fourth-order valence-electron chi connectivity index (χ4n) is 3.26. The fraction of sp³-hybridized carbons (Fsp3) is 0.250. The molecule has 0 aliphatic carbocycles. The van der Waals surface area contributed by atoms with Gasteiger partial charge in [-0.05, 0) is 48.6 Å². The number of fused-ring (bicyclic) bond motifs is 3. The largest absolute Gasteiger partial charge is 0.356 e. The van der Waals surface area contributed by atoms with Gasteiger partial charge in [-0.1, -0.05) is 6.07 Å². The molecule has 4 heterocycles. The van der Waals surface area contributed by atoms with Crippen molar-refractivity contribution in [1.29, 1.82) is 0 Å². The van der Waals surface area contributed by atoms with E-state index in [4.69, 9.17) is 0 Å². The van der Waals surface area contributed by atoms with Crippen LogP contribution < -0.4 is 10.9 Å². The maximum absolute atomic E-state index is 12.8. The summed E-state index contributed by atoms with van der Waals surface area (Å²) in [5.41, 5.74) is 2.07. The van der Waals surface area contributed by atoms with E-state index in [9.17, 15) is 9.59 Å². The Morgan fingerprint density at radius 3 is 2.89 bits per heavy atom. The summed E-state index contributed by atoms with van der Waals surface area (Å²) in [5.74, 6) is 0.0145. The third kappa shape index (κ3) is 3.64. The summed E-state index contributed by atoms with van der Waals surface area (Å²) in [7, 11) is 0. The zero-order chi connectivity index (χ0) is 18.6. The lowest BCUT2D eigenvalue weighted by atomic mass is 10.2. The lowest BCUT2D eigenvalue weighted by molar-refractivity contribution is -0.121. The van der Waals surface area contributed by atoms with E-state index >= 15 is 0 Å². The van der Waals surface area contributed by atoms with E-state index in [1.54, 1.807) is 22.1 Å². The van der Waals surface area contributed by atoms with Crippen LogP contribution in [0.1, 0.15) is 17.7 Å². The van der Waals surface area contributed by atoms with Crippen molar-refractivity contribution in [2.45, 2.75) is 25.8 Å². The van der Waals surface area contributed by atoms with Gasteiger partial charge in [0.15, 0.2) is 5.65 Å². The van der Waals surface area contributed by atoms with Crippen molar-refractivity contribution in [2.24, 2.45) is 0 Å². The fourth-order valence-corrected chi connectivity index (χ4v) is 3.97. The van der Waals surface area contributed by atoms with Crippen LogP contribution in [0.15, 0.2) is 59.0 Å². The number of hydrogen-bond acceptors (Lipinski definition) is 4. The maximum atomic E-state index is 12.8. The van der Waals surface area contributed by atoms with Gasteiger partial charge in [0.2, 0.25) is 5.91 Å². The summed E-state index contributed by atoms with van der Waals surface area (Å²) in [4.78, 5) is 30.5. The third-order valence-corrected chi connectivity index (χ3v) is 5.49. The summed E-state index contributed by atoms with van der Waals surface area (Å²) in [6.07, 6.45) is 5.38. The third-order valence-electron chi connectivity index (χ3n) is 4.55. The molecule has 0 fully saturated rings. The van der Waals surface area contributed by atoms with Gasteiger partial charge in [0, 0.05) is 36.8 Å². The molecule has 4 aromatic rings. The lowest BCUT2D eigenvalue weighted by Gasteiger charge is -2.11. The Morgan fingerprint density at radius 1 is 1.15 bits per heavy atom. The van der Waals surface area contributed by atoms with Crippen molar-refractivity contribution < 1.29 is 4.79 Å². The molecular formula is C20H20N4O2S. The molecule has 0 saturated heterocycles. The van der Waals surface area contributed by atoms with Crippen molar-refractivity contribution in [3.05, 3.63) is 69.4 Å². The van der Waals surface area contributed by atoms with Crippen LogP contribution >= 0.6 is 11.3 Å². The number of hydrogen-bond donors (Lipinski definition) is 1. The molecule has 0 aliphatic rings. The van der Waals surface area contributed by atoms with Crippen LogP contribution in [0.25, 0.3) is 16.7 Å². The molecule has 27 heavy (non-hydrogen) atoms. The topological polar surface area (TPSA) is 68.4 Å². The van der Waals surface area contributed by atoms with Gasteiger partial charge in [-0.15, -0.1) is 11.3 Å². The minimum atomic E-state index is -0.0793. The number of carbonyl (C=O) groups is 1. The number of nitrogens with one attached hydrogen (secondary N) is 1. The summed E-state index contributed by atoms with van der Waals surface area (Å²) in [6, 6.07) is 11.6. The smallest absolute Gasteiger partial charge is 0.276 e. The molecule has 0 radical (unpaired) electrons. The Balaban J connectivity index is 1.42. The van der Waals surface area contributed by atoms with Crippen molar-refractivity contribution in [2.75, 3.05) is 6.54 Å². The minimum absolute atomic E-state index is 0.0145. The highest BCUT2D eigenvalue weighted by molar-refractivity contribution is 7.09. The average Bonchev–Trinajstić information content (AvgIpc) is 3.36. The summed E-state index contributed by atoms with van der Waals surface area (Å²) in [6.45, 7) is 1.10. The highest BCUT2D eigenvalue weighted by Gasteiger charge is 2.11. The SMILES string of the molecule is O=C(CCCn1c(=O)c2cccn2c2cccnc21)NCCc1cccs1. The number of aromatic nitrogens is 3. The van der Waals surface area contributed by atoms with Crippen molar-refractivity contribution in [3.63, 3.8) is 0 Å². The first-order valence-electron chi connectivity index (χ1n) is 8.98. The Bertz CT molecular complexity index is 1130. The van der Waals surface area contributed by atoms with Crippen molar-refractivity contribution in [1.82, 2.24) is 19.3 Å². The molecule has 4 aromatic heterocycles. The van der Waals surface area contributed by atoms with Crippen molar-refractivity contribution >= 4 is 33.9 Å². The molecule has 0 spiro atoms. The molecule has 1 N–H and O–H groups in total. The lowest BCUT2D eigenvalue weighted by Crippen LogP contribution is -2.27. The van der Waals surface area contributed by atoms with E-state index < -0.39 is 0 Å². The molecule has 0 bridgehead atoms. The van der Waals surface area contributed by atoms with E-state index in [2.05, 4.69) is 16.4 Å². The van der Waals surface area contributed by atoms with Gasteiger partial charge in [0.1, 0.15) is 5.52 Å². The summed E-state index contributed by atoms with van der Waals surface area (Å²) in [5, 5.41) is 4.98. The van der Waals surface area contributed by atoms with Gasteiger partial charge in [-0.3, -0.25) is 14.2 Å². The summed E-state index contributed by atoms with van der Waals surface area (Å²) >= 11 is 1.70. The van der Waals surface area contributed by atoms with E-state index in [0.29, 0.717) is 37.1 Å². The normalized spacial score (nSPS) is 11.3. The molecule has 0 aromatic carbocycles. The second-order valence-electron chi connectivity index (χ2n) is 6.35. The average molecular weight is 380 g/mol. The highest BCUT2D eigenvalue weighted by atomic mass is 32.1. The molecule has 4 rings (SSSR count). The van der Waals surface area contributed by atoms with Gasteiger partial charge in [-0.2, -0.15) is 0 Å². The molecular weight excluding hydrogens is 360 g/mol. The molecule has 1 amide bonds. The van der Waals surface area contributed by atoms with Crippen LogP contribution in [-0.4, -0.2) is 26.4 Å². The van der Waals surface area contributed by atoms with Crippen LogP contribution in [-0.2, 0) is 17.8 Å². The van der Waals surface area contributed by atoms with E-state index in [-0.39, 0.29) is 11.5 Å².